The number of nitrogens with zero attached hydrogens (tertiary/aromatic N) is 1. The summed E-state index contributed by atoms with van der Waals surface area (Å²) in [7, 11) is 0. The number of aromatic nitrogens is 1. The van der Waals surface area contributed by atoms with Crippen molar-refractivity contribution < 1.29 is 14.7 Å². The Kier molecular flexibility index (Phi) is 4.75. The lowest BCUT2D eigenvalue weighted by molar-refractivity contribution is -0.315. The molecule has 3 aromatic rings. The molecule has 4 heteroatoms. The average Bonchev–Trinajstić information content (AvgIpc) is 2.93. The van der Waals surface area contributed by atoms with Crippen LogP contribution < -0.4 is 0 Å². The Morgan fingerprint density at radius 1 is 0.880 bits per heavy atom. The molecule has 3 rings (SSSR count). The minimum Gasteiger partial charge on any atom is -0.361 e. The van der Waals surface area contributed by atoms with Crippen LogP contribution in [0, 0.1) is 27.7 Å². The standard InChI is InChI=1S/C21H23NO3/c1-14-5-9-18(10-6-14)21(25-23,19-11-7-15(2)8-12-19)13-20-16(3)22-24-17(20)4/h5-12,23H,13H2,1-4H3. The van der Waals surface area contributed by atoms with E-state index >= 15 is 0 Å². The quantitative estimate of drug-likeness (QED) is 0.532. The summed E-state index contributed by atoms with van der Waals surface area (Å²) in [4.78, 5) is 5.20. The monoisotopic (exact) mass is 337 g/mol. The first-order valence-corrected chi connectivity index (χ1v) is 8.35. The molecule has 4 nitrogen and oxygen atoms in total. The summed E-state index contributed by atoms with van der Waals surface area (Å²) in [6.07, 6.45) is 0.427. The molecule has 1 N–H and O–H groups in total. The van der Waals surface area contributed by atoms with Crippen molar-refractivity contribution in [3.63, 3.8) is 0 Å². The van der Waals surface area contributed by atoms with E-state index < -0.39 is 5.60 Å². The van der Waals surface area contributed by atoms with Gasteiger partial charge in [-0.3, -0.25) is 5.26 Å². The maximum atomic E-state index is 10.1. The minimum absolute atomic E-state index is 0.427. The summed E-state index contributed by atoms with van der Waals surface area (Å²) < 4.78 is 5.31. The lowest BCUT2D eigenvalue weighted by Gasteiger charge is -2.32. The summed E-state index contributed by atoms with van der Waals surface area (Å²) in [6.45, 7) is 7.84. The maximum Gasteiger partial charge on any atom is 0.157 e. The van der Waals surface area contributed by atoms with Gasteiger partial charge in [-0.05, 0) is 38.8 Å². The molecule has 0 aliphatic heterocycles. The molecular weight excluding hydrogens is 314 g/mol. The van der Waals surface area contributed by atoms with E-state index in [9.17, 15) is 5.26 Å². The molecule has 2 aromatic carbocycles. The SMILES string of the molecule is Cc1ccc(C(Cc2c(C)noc2C)(OO)c2ccc(C)cc2)cc1. The van der Waals surface area contributed by atoms with Crippen molar-refractivity contribution in [1.82, 2.24) is 5.16 Å². The van der Waals surface area contributed by atoms with Gasteiger partial charge in [-0.25, -0.2) is 4.89 Å². The van der Waals surface area contributed by atoms with E-state index in [4.69, 9.17) is 9.41 Å². The number of hydrogen-bond donors (Lipinski definition) is 1. The van der Waals surface area contributed by atoms with Crippen molar-refractivity contribution in [2.45, 2.75) is 39.7 Å². The highest BCUT2D eigenvalue weighted by Gasteiger charge is 2.38. The van der Waals surface area contributed by atoms with Gasteiger partial charge in [-0.15, -0.1) is 0 Å². The van der Waals surface area contributed by atoms with Gasteiger partial charge < -0.3 is 4.52 Å². The predicted octanol–water partition coefficient (Wildman–Crippen LogP) is 4.88. The number of hydrogen-bond acceptors (Lipinski definition) is 4. The van der Waals surface area contributed by atoms with Gasteiger partial charge in [0.2, 0.25) is 0 Å². The topological polar surface area (TPSA) is 55.5 Å². The van der Waals surface area contributed by atoms with E-state index in [1.807, 2.05) is 76.2 Å². The number of rotatable bonds is 5. The first-order chi connectivity index (χ1) is 12.0. The third kappa shape index (κ3) is 3.23. The Morgan fingerprint density at radius 2 is 1.36 bits per heavy atom. The summed E-state index contributed by atoms with van der Waals surface area (Å²) in [5, 5.41) is 14.1. The summed E-state index contributed by atoms with van der Waals surface area (Å²) in [5.41, 5.74) is 4.78. The molecule has 130 valence electrons. The molecular formula is C21H23NO3. The lowest BCUT2D eigenvalue weighted by Crippen LogP contribution is -2.33. The Balaban J connectivity index is 2.18. The van der Waals surface area contributed by atoms with Crippen LogP contribution in [0.2, 0.25) is 0 Å². The molecule has 0 unspecified atom stereocenters. The second kappa shape index (κ2) is 6.82. The summed E-state index contributed by atoms with van der Waals surface area (Å²) in [5.74, 6) is 0.734. The zero-order valence-corrected chi connectivity index (χ0v) is 15.0. The van der Waals surface area contributed by atoms with Gasteiger partial charge in [-0.1, -0.05) is 64.8 Å². The van der Waals surface area contributed by atoms with Crippen LogP contribution in [0.3, 0.4) is 0 Å². The second-order valence-electron chi connectivity index (χ2n) is 6.63. The van der Waals surface area contributed by atoms with Crippen LogP contribution in [0.1, 0.15) is 39.3 Å². The fourth-order valence-electron chi connectivity index (χ4n) is 3.16. The fourth-order valence-corrected chi connectivity index (χ4v) is 3.16. The van der Waals surface area contributed by atoms with Gasteiger partial charge in [0, 0.05) is 12.0 Å². The lowest BCUT2D eigenvalue weighted by atomic mass is 9.80. The van der Waals surface area contributed by atoms with Crippen LogP contribution in [-0.4, -0.2) is 10.4 Å². The van der Waals surface area contributed by atoms with Gasteiger partial charge in [0.25, 0.3) is 0 Å². The van der Waals surface area contributed by atoms with Crippen LogP contribution in [0.15, 0.2) is 53.1 Å². The first kappa shape index (κ1) is 17.4. The first-order valence-electron chi connectivity index (χ1n) is 8.35. The third-order valence-corrected chi connectivity index (χ3v) is 4.80. The van der Waals surface area contributed by atoms with E-state index in [1.54, 1.807) is 0 Å². The van der Waals surface area contributed by atoms with Crippen LogP contribution in [0.25, 0.3) is 0 Å². The van der Waals surface area contributed by atoms with Crippen molar-refractivity contribution in [3.8, 4) is 0 Å². The molecule has 0 saturated carbocycles. The van der Waals surface area contributed by atoms with Gasteiger partial charge >= 0.3 is 0 Å². The molecule has 0 atom stereocenters. The number of aryl methyl sites for hydroxylation is 4. The van der Waals surface area contributed by atoms with E-state index in [0.29, 0.717) is 6.42 Å². The van der Waals surface area contributed by atoms with Crippen molar-refractivity contribution in [3.05, 3.63) is 87.8 Å². The predicted molar refractivity (Wildman–Crippen MR) is 96.5 cm³/mol. The fraction of sp³-hybridized carbons (Fsp3) is 0.286. The van der Waals surface area contributed by atoms with Gasteiger partial charge in [0.05, 0.1) is 5.69 Å². The molecule has 0 spiro atoms. The van der Waals surface area contributed by atoms with Crippen LogP contribution >= 0.6 is 0 Å². The van der Waals surface area contributed by atoms with E-state index in [0.717, 1.165) is 39.3 Å². The summed E-state index contributed by atoms with van der Waals surface area (Å²) in [6, 6.07) is 16.0. The molecule has 1 aromatic heterocycles. The smallest absolute Gasteiger partial charge is 0.157 e. The number of benzene rings is 2. The zero-order valence-electron chi connectivity index (χ0n) is 15.0. The second-order valence-corrected chi connectivity index (χ2v) is 6.63. The van der Waals surface area contributed by atoms with Crippen molar-refractivity contribution >= 4 is 0 Å². The minimum atomic E-state index is -1.03. The van der Waals surface area contributed by atoms with Crippen molar-refractivity contribution in [2.24, 2.45) is 0 Å². The molecule has 0 saturated heterocycles. The summed E-state index contributed by atoms with van der Waals surface area (Å²) >= 11 is 0. The molecule has 0 fully saturated rings. The largest absolute Gasteiger partial charge is 0.361 e. The Hall–Kier alpha value is -2.43. The van der Waals surface area contributed by atoms with Crippen LogP contribution in [0.4, 0.5) is 0 Å². The third-order valence-electron chi connectivity index (χ3n) is 4.80. The van der Waals surface area contributed by atoms with Gasteiger partial charge in [-0.2, -0.15) is 0 Å². The molecule has 0 amide bonds. The molecule has 0 radical (unpaired) electrons. The van der Waals surface area contributed by atoms with Crippen molar-refractivity contribution in [1.29, 1.82) is 0 Å². The van der Waals surface area contributed by atoms with E-state index in [1.165, 1.54) is 0 Å². The zero-order chi connectivity index (χ0) is 18.0. The van der Waals surface area contributed by atoms with Gasteiger partial charge in [0.15, 0.2) is 5.60 Å². The van der Waals surface area contributed by atoms with Crippen LogP contribution in [0.5, 0.6) is 0 Å². The van der Waals surface area contributed by atoms with Crippen LogP contribution in [-0.2, 0) is 16.9 Å². The van der Waals surface area contributed by atoms with Gasteiger partial charge in [0.1, 0.15) is 5.76 Å². The normalized spacial score (nSPS) is 11.7. The average molecular weight is 337 g/mol. The highest BCUT2D eigenvalue weighted by Crippen LogP contribution is 2.38. The molecule has 0 bridgehead atoms. The molecule has 0 aliphatic rings. The van der Waals surface area contributed by atoms with E-state index in [2.05, 4.69) is 5.16 Å². The van der Waals surface area contributed by atoms with E-state index in [-0.39, 0.29) is 0 Å². The highest BCUT2D eigenvalue weighted by molar-refractivity contribution is 5.41. The Bertz CT molecular complexity index is 783. The Morgan fingerprint density at radius 3 is 1.72 bits per heavy atom. The Labute approximate surface area is 148 Å². The molecule has 1 heterocycles. The van der Waals surface area contributed by atoms with Crippen molar-refractivity contribution in [2.75, 3.05) is 0 Å². The molecule has 0 aliphatic carbocycles. The molecule has 25 heavy (non-hydrogen) atoms. The highest BCUT2D eigenvalue weighted by atomic mass is 17.1. The maximum absolute atomic E-state index is 10.1.